The van der Waals surface area contributed by atoms with Gasteiger partial charge in [-0.3, -0.25) is 9.59 Å². The topological polar surface area (TPSA) is 65.1 Å². The number of imide groups is 1. The van der Waals surface area contributed by atoms with Gasteiger partial charge in [-0.25, -0.2) is 4.90 Å². The van der Waals surface area contributed by atoms with Gasteiger partial charge in [0.2, 0.25) is 16.6 Å². The summed E-state index contributed by atoms with van der Waals surface area (Å²) in [5.74, 6) is -0.407. The highest BCUT2D eigenvalue weighted by atomic mass is 28.4. The predicted molar refractivity (Wildman–Crippen MR) is 109 cm³/mol. The molecule has 0 atom stereocenters. The van der Waals surface area contributed by atoms with Crippen LogP contribution in [0.4, 0.5) is 0 Å². The van der Waals surface area contributed by atoms with Crippen LogP contribution in [0, 0.1) is 0 Å². The van der Waals surface area contributed by atoms with Gasteiger partial charge in [-0.2, -0.15) is 0 Å². The Kier molecular flexibility index (Phi) is 6.33. The molecule has 0 aliphatic carbocycles. The van der Waals surface area contributed by atoms with Crippen LogP contribution in [0.3, 0.4) is 0 Å². The maximum atomic E-state index is 13.0. The molecule has 0 radical (unpaired) electrons. The van der Waals surface area contributed by atoms with E-state index in [1.54, 1.807) is 31.4 Å². The number of nitrogens with zero attached hydrogens (tertiary/aromatic N) is 1. The summed E-state index contributed by atoms with van der Waals surface area (Å²) in [6.07, 6.45) is 0.340. The molecule has 0 N–H and O–H groups in total. The molecule has 0 saturated carbocycles. The first kappa shape index (κ1) is 21.4. The zero-order chi connectivity index (χ0) is 20.4. The molecule has 1 heterocycles. The van der Waals surface area contributed by atoms with Crippen molar-refractivity contribution < 1.29 is 23.2 Å². The van der Waals surface area contributed by atoms with E-state index in [-0.39, 0.29) is 11.8 Å². The van der Waals surface area contributed by atoms with Crippen LogP contribution in [0.15, 0.2) is 35.9 Å². The Balaban J connectivity index is 2.58. The lowest BCUT2D eigenvalue weighted by atomic mass is 10.1. The molecule has 27 heavy (non-hydrogen) atoms. The van der Waals surface area contributed by atoms with Crippen molar-refractivity contribution in [1.29, 1.82) is 0 Å². The van der Waals surface area contributed by atoms with E-state index in [4.69, 9.17) is 13.6 Å². The summed E-state index contributed by atoms with van der Waals surface area (Å²) in [4.78, 5) is 27.2. The monoisotopic (exact) mass is 407 g/mol. The average Bonchev–Trinajstić information content (AvgIpc) is 2.78. The van der Waals surface area contributed by atoms with E-state index in [0.29, 0.717) is 35.8 Å². The van der Waals surface area contributed by atoms with E-state index < -0.39 is 16.6 Å². The molecule has 1 aromatic carbocycles. The maximum Gasteiger partial charge on any atom is 0.272 e. The molecule has 1 aliphatic heterocycles. The quantitative estimate of drug-likeness (QED) is 0.367. The van der Waals surface area contributed by atoms with Crippen LogP contribution in [0.5, 0.6) is 0 Å². The standard InChI is InChI=1S/C19H29NO5Si2/c1-23-13-12-16(19(24-26(2,3)4)25-27(5,6)7)20-17(21)14-10-8-9-11-15(14)18(20)22/h8-11H,12-13H2,1-7H3. The zero-order valence-corrected chi connectivity index (χ0v) is 19.2. The molecule has 0 aromatic heterocycles. The molecular weight excluding hydrogens is 378 g/mol. The van der Waals surface area contributed by atoms with E-state index in [0.717, 1.165) is 0 Å². The summed E-state index contributed by atoms with van der Waals surface area (Å²) in [6, 6.07) is 6.85. The molecule has 8 heteroatoms. The molecule has 2 rings (SSSR count). The number of carbonyl (C=O) groups excluding carboxylic acids is 2. The first-order chi connectivity index (χ1) is 12.4. The summed E-state index contributed by atoms with van der Waals surface area (Å²) in [5, 5.41) is 0. The van der Waals surface area contributed by atoms with Crippen LogP contribution in [0.1, 0.15) is 27.1 Å². The third-order valence-corrected chi connectivity index (χ3v) is 5.24. The van der Waals surface area contributed by atoms with Crippen molar-refractivity contribution in [2.75, 3.05) is 13.7 Å². The second kappa shape index (κ2) is 7.99. The van der Waals surface area contributed by atoms with Crippen LogP contribution in [0.25, 0.3) is 0 Å². The summed E-state index contributed by atoms with van der Waals surface area (Å²) >= 11 is 0. The fourth-order valence-electron chi connectivity index (χ4n) is 2.63. The smallest absolute Gasteiger partial charge is 0.272 e. The van der Waals surface area contributed by atoms with E-state index in [9.17, 15) is 9.59 Å². The van der Waals surface area contributed by atoms with Crippen molar-refractivity contribution in [1.82, 2.24) is 4.90 Å². The molecule has 2 amide bonds. The molecular formula is C19H29NO5Si2. The second-order valence-corrected chi connectivity index (χ2v) is 17.3. The number of hydrogen-bond acceptors (Lipinski definition) is 5. The van der Waals surface area contributed by atoms with Gasteiger partial charge in [-0.1, -0.05) is 12.1 Å². The summed E-state index contributed by atoms with van der Waals surface area (Å²) in [7, 11) is -2.51. The van der Waals surface area contributed by atoms with Crippen LogP contribution < -0.4 is 0 Å². The number of fused-ring (bicyclic) bond motifs is 1. The second-order valence-electron chi connectivity index (χ2n) is 8.40. The molecule has 0 saturated heterocycles. The van der Waals surface area contributed by atoms with E-state index in [2.05, 4.69) is 0 Å². The Bertz CT molecular complexity index is 709. The summed E-state index contributed by atoms with van der Waals surface area (Å²) < 4.78 is 17.6. The zero-order valence-electron chi connectivity index (χ0n) is 17.2. The molecule has 1 aliphatic rings. The van der Waals surface area contributed by atoms with E-state index >= 15 is 0 Å². The molecule has 0 fully saturated rings. The van der Waals surface area contributed by atoms with Crippen molar-refractivity contribution in [3.63, 3.8) is 0 Å². The first-order valence-electron chi connectivity index (χ1n) is 9.02. The molecule has 148 valence electrons. The summed E-state index contributed by atoms with van der Waals surface area (Å²) in [5.41, 5.74) is 1.24. The minimum atomic E-state index is -2.05. The fraction of sp³-hybridized carbons (Fsp3) is 0.474. The van der Waals surface area contributed by atoms with E-state index in [1.165, 1.54) is 4.90 Å². The lowest BCUT2D eigenvalue weighted by molar-refractivity contribution is 0.0661. The Morgan fingerprint density at radius 2 is 1.33 bits per heavy atom. The van der Waals surface area contributed by atoms with Gasteiger partial charge in [0, 0.05) is 13.5 Å². The molecule has 1 aromatic rings. The summed E-state index contributed by atoms with van der Waals surface area (Å²) in [6.45, 7) is 12.6. The number of benzene rings is 1. The lowest BCUT2D eigenvalue weighted by Crippen LogP contribution is -2.37. The largest absolute Gasteiger partial charge is 0.519 e. The third-order valence-electron chi connectivity index (χ3n) is 3.64. The van der Waals surface area contributed by atoms with Gasteiger partial charge >= 0.3 is 0 Å². The molecule has 0 spiro atoms. The van der Waals surface area contributed by atoms with Gasteiger partial charge in [-0.05, 0) is 51.4 Å². The van der Waals surface area contributed by atoms with Gasteiger partial charge < -0.3 is 13.6 Å². The minimum Gasteiger partial charge on any atom is -0.519 e. The Hall–Kier alpha value is -1.91. The van der Waals surface area contributed by atoms with Crippen LogP contribution in [0.2, 0.25) is 39.3 Å². The molecule has 0 bridgehead atoms. The van der Waals surface area contributed by atoms with Crippen molar-refractivity contribution in [3.8, 4) is 0 Å². The van der Waals surface area contributed by atoms with Gasteiger partial charge in [0.05, 0.1) is 17.7 Å². The fourth-order valence-corrected chi connectivity index (χ4v) is 4.15. The minimum absolute atomic E-state index is 0.292. The third kappa shape index (κ3) is 5.30. The Morgan fingerprint density at radius 1 is 0.889 bits per heavy atom. The highest BCUT2D eigenvalue weighted by Crippen LogP contribution is 2.31. The Labute approximate surface area is 163 Å². The van der Waals surface area contributed by atoms with Crippen molar-refractivity contribution in [3.05, 3.63) is 47.0 Å². The van der Waals surface area contributed by atoms with Gasteiger partial charge in [-0.15, -0.1) is 0 Å². The Morgan fingerprint density at radius 3 is 1.70 bits per heavy atom. The van der Waals surface area contributed by atoms with Crippen molar-refractivity contribution >= 4 is 28.4 Å². The van der Waals surface area contributed by atoms with Gasteiger partial charge in [0.15, 0.2) is 0 Å². The highest BCUT2D eigenvalue weighted by Gasteiger charge is 2.40. The number of methoxy groups -OCH3 is 1. The van der Waals surface area contributed by atoms with Crippen molar-refractivity contribution in [2.45, 2.75) is 45.7 Å². The van der Waals surface area contributed by atoms with Crippen LogP contribution in [-0.2, 0) is 13.6 Å². The highest BCUT2D eigenvalue weighted by molar-refractivity contribution is 6.71. The van der Waals surface area contributed by atoms with Crippen molar-refractivity contribution in [2.24, 2.45) is 0 Å². The predicted octanol–water partition coefficient (Wildman–Crippen LogP) is 4.19. The van der Waals surface area contributed by atoms with Gasteiger partial charge in [0.25, 0.3) is 17.8 Å². The number of ether oxygens (including phenoxy) is 1. The lowest BCUT2D eigenvalue weighted by Gasteiger charge is -2.31. The SMILES string of the molecule is COCCC(=C(O[Si](C)(C)C)O[Si](C)(C)C)N1C(=O)c2ccccc2C1=O. The number of rotatable bonds is 8. The van der Waals surface area contributed by atoms with Crippen LogP contribution >= 0.6 is 0 Å². The number of amides is 2. The molecule has 6 nitrogen and oxygen atoms in total. The maximum absolute atomic E-state index is 13.0. The van der Waals surface area contributed by atoms with E-state index in [1.807, 2.05) is 39.3 Å². The molecule has 0 unspecified atom stereocenters. The normalized spacial score (nSPS) is 14.3. The van der Waals surface area contributed by atoms with Gasteiger partial charge in [0.1, 0.15) is 5.70 Å². The number of hydrogen-bond donors (Lipinski definition) is 0. The first-order valence-corrected chi connectivity index (χ1v) is 15.8. The average molecular weight is 408 g/mol. The number of carbonyl (C=O) groups is 2. The van der Waals surface area contributed by atoms with Crippen LogP contribution in [-0.4, -0.2) is 47.1 Å².